The van der Waals surface area contributed by atoms with Crippen LogP contribution in [0.15, 0.2) is 95.5 Å². The summed E-state index contributed by atoms with van der Waals surface area (Å²) in [7, 11) is 0. The third-order valence-electron chi connectivity index (χ3n) is 7.30. The molecule has 1 amide bonds. The van der Waals surface area contributed by atoms with Crippen molar-refractivity contribution in [2.45, 2.75) is 11.5 Å². The Bertz CT molecular complexity index is 1450. The molecule has 3 heterocycles. The van der Waals surface area contributed by atoms with Gasteiger partial charge in [-0.3, -0.25) is 9.69 Å². The van der Waals surface area contributed by atoms with E-state index in [1.807, 2.05) is 71.6 Å². The van der Waals surface area contributed by atoms with Crippen LogP contribution in [0.4, 0.5) is 5.69 Å². The molecule has 178 valence electrons. The lowest BCUT2D eigenvalue weighted by atomic mass is 9.77. The Morgan fingerprint density at radius 1 is 0.750 bits per heavy atom. The zero-order valence-corrected chi connectivity index (χ0v) is 20.9. The zero-order chi connectivity index (χ0) is 24.3. The molecule has 0 aliphatic carbocycles. The molecule has 0 saturated carbocycles. The minimum Gasteiger partial charge on any atom is -0.491 e. The van der Waals surface area contributed by atoms with Crippen LogP contribution in [0.3, 0.4) is 0 Å². The first-order valence-electron chi connectivity index (χ1n) is 12.0. The number of carbonyl (C=O) groups excluding carboxylic acids is 1. The maximum atomic E-state index is 14.8. The van der Waals surface area contributed by atoms with Gasteiger partial charge in [0.1, 0.15) is 31.0 Å². The van der Waals surface area contributed by atoms with E-state index in [0.29, 0.717) is 30.5 Å². The topological polar surface area (TPSA) is 48.0 Å². The summed E-state index contributed by atoms with van der Waals surface area (Å²) in [5, 5.41) is 0. The van der Waals surface area contributed by atoms with Gasteiger partial charge in [-0.25, -0.2) is 0 Å². The van der Waals surface area contributed by atoms with Crippen LogP contribution in [0.25, 0.3) is 0 Å². The van der Waals surface area contributed by atoms with Crippen LogP contribution in [0, 0.1) is 0 Å². The van der Waals surface area contributed by atoms with Gasteiger partial charge in [0.2, 0.25) is 5.91 Å². The van der Waals surface area contributed by atoms with Gasteiger partial charge in [0.25, 0.3) is 0 Å². The standard InChI is InChI=1S/C30H22BrNO4/c31-22-12-7-13-23-27(22)30(18-36-24-17-26-25(16-21(24)30)34-14-15-35-26)29(33)32(23)28(19-8-3-1-4-9-19)20-10-5-2-6-11-20/h1-13,16-17,28H,14-15,18H2. The van der Waals surface area contributed by atoms with E-state index in [1.165, 1.54) is 0 Å². The van der Waals surface area contributed by atoms with Gasteiger partial charge < -0.3 is 14.2 Å². The average Bonchev–Trinajstić information content (AvgIpc) is 3.41. The number of ether oxygens (including phenoxy) is 3. The number of anilines is 1. The van der Waals surface area contributed by atoms with E-state index in [2.05, 4.69) is 40.2 Å². The van der Waals surface area contributed by atoms with Gasteiger partial charge in [-0.15, -0.1) is 0 Å². The fourth-order valence-corrected chi connectivity index (χ4v) is 6.44. The molecule has 3 aliphatic rings. The van der Waals surface area contributed by atoms with Crippen molar-refractivity contribution in [2.75, 3.05) is 24.7 Å². The Morgan fingerprint density at radius 3 is 2.06 bits per heavy atom. The Hall–Kier alpha value is -3.77. The second kappa shape index (κ2) is 8.14. The molecule has 1 spiro atoms. The van der Waals surface area contributed by atoms with Gasteiger partial charge in [0, 0.05) is 21.7 Å². The van der Waals surface area contributed by atoms with Crippen molar-refractivity contribution in [1.29, 1.82) is 0 Å². The number of halogens is 1. The van der Waals surface area contributed by atoms with E-state index in [1.54, 1.807) is 0 Å². The SMILES string of the molecule is O=C1N(C(c2ccccc2)c2ccccc2)c2cccc(Br)c2C12COc1cc3c(cc12)OCCO3. The number of nitrogens with zero attached hydrogens (tertiary/aromatic N) is 1. The quantitative estimate of drug-likeness (QED) is 0.318. The van der Waals surface area contributed by atoms with E-state index in [4.69, 9.17) is 14.2 Å². The lowest BCUT2D eigenvalue weighted by molar-refractivity contribution is -0.122. The highest BCUT2D eigenvalue weighted by atomic mass is 79.9. The van der Waals surface area contributed by atoms with Crippen LogP contribution in [-0.2, 0) is 10.2 Å². The third-order valence-corrected chi connectivity index (χ3v) is 7.96. The van der Waals surface area contributed by atoms with Crippen LogP contribution in [-0.4, -0.2) is 25.7 Å². The summed E-state index contributed by atoms with van der Waals surface area (Å²) in [5.74, 6) is 1.94. The maximum Gasteiger partial charge on any atom is 0.246 e. The summed E-state index contributed by atoms with van der Waals surface area (Å²) in [6.45, 7) is 1.18. The average molecular weight is 540 g/mol. The lowest BCUT2D eigenvalue weighted by Gasteiger charge is -2.31. The van der Waals surface area contributed by atoms with E-state index in [-0.39, 0.29) is 18.6 Å². The molecule has 1 unspecified atom stereocenters. The Morgan fingerprint density at radius 2 is 1.39 bits per heavy atom. The van der Waals surface area contributed by atoms with E-state index < -0.39 is 5.41 Å². The smallest absolute Gasteiger partial charge is 0.246 e. The molecular weight excluding hydrogens is 518 g/mol. The molecule has 5 nitrogen and oxygen atoms in total. The normalized spacial score (nSPS) is 19.4. The molecule has 36 heavy (non-hydrogen) atoms. The maximum absolute atomic E-state index is 14.8. The highest BCUT2D eigenvalue weighted by Crippen LogP contribution is 2.58. The molecule has 0 aromatic heterocycles. The van der Waals surface area contributed by atoms with E-state index in [0.717, 1.165) is 32.4 Å². The predicted molar refractivity (Wildman–Crippen MR) is 140 cm³/mol. The number of hydrogen-bond acceptors (Lipinski definition) is 4. The van der Waals surface area contributed by atoms with Gasteiger partial charge in [0.15, 0.2) is 11.5 Å². The lowest BCUT2D eigenvalue weighted by Crippen LogP contribution is -2.44. The van der Waals surface area contributed by atoms with E-state index in [9.17, 15) is 4.79 Å². The minimum absolute atomic E-state index is 0.0162. The largest absolute Gasteiger partial charge is 0.491 e. The van der Waals surface area contributed by atoms with Crippen LogP contribution in [0.2, 0.25) is 0 Å². The second-order valence-corrected chi connectivity index (χ2v) is 10.1. The van der Waals surface area contributed by atoms with E-state index >= 15 is 0 Å². The number of carbonyl (C=O) groups is 1. The van der Waals surface area contributed by atoms with Crippen LogP contribution >= 0.6 is 15.9 Å². The van der Waals surface area contributed by atoms with Crippen LogP contribution < -0.4 is 19.1 Å². The molecule has 0 N–H and O–H groups in total. The minimum atomic E-state index is -0.998. The number of benzene rings is 4. The van der Waals surface area contributed by atoms with Gasteiger partial charge in [-0.2, -0.15) is 0 Å². The van der Waals surface area contributed by atoms with Crippen molar-refractivity contribution in [2.24, 2.45) is 0 Å². The molecule has 0 fully saturated rings. The number of amides is 1. The molecule has 0 bridgehead atoms. The molecule has 3 aliphatic heterocycles. The van der Waals surface area contributed by atoms with Crippen molar-refractivity contribution in [1.82, 2.24) is 0 Å². The summed E-state index contributed by atoms with van der Waals surface area (Å²) < 4.78 is 18.8. The zero-order valence-electron chi connectivity index (χ0n) is 19.3. The number of rotatable bonds is 3. The number of hydrogen-bond donors (Lipinski definition) is 0. The molecule has 4 aromatic carbocycles. The Labute approximate surface area is 217 Å². The van der Waals surface area contributed by atoms with Gasteiger partial charge in [-0.05, 0) is 29.3 Å². The fourth-order valence-electron chi connectivity index (χ4n) is 5.75. The fraction of sp³-hybridized carbons (Fsp3) is 0.167. The first-order chi connectivity index (χ1) is 17.7. The van der Waals surface area contributed by atoms with Crippen molar-refractivity contribution in [3.05, 3.63) is 118 Å². The summed E-state index contributed by atoms with van der Waals surface area (Å²) >= 11 is 3.79. The van der Waals surface area contributed by atoms with Crippen LogP contribution in [0.1, 0.15) is 28.3 Å². The molecule has 7 rings (SSSR count). The molecule has 4 aromatic rings. The number of fused-ring (bicyclic) bond motifs is 5. The summed E-state index contributed by atoms with van der Waals surface area (Å²) in [6, 6.07) is 29.9. The van der Waals surface area contributed by atoms with Crippen molar-refractivity contribution >= 4 is 27.5 Å². The Kier molecular flexibility index (Phi) is 4.86. The summed E-state index contributed by atoms with van der Waals surface area (Å²) in [5.41, 5.74) is 3.69. The molecule has 1 atom stereocenters. The molecular formula is C30H22BrNO4. The van der Waals surface area contributed by atoms with Gasteiger partial charge >= 0.3 is 0 Å². The highest BCUT2D eigenvalue weighted by molar-refractivity contribution is 9.10. The highest BCUT2D eigenvalue weighted by Gasteiger charge is 2.59. The monoisotopic (exact) mass is 539 g/mol. The Balaban J connectivity index is 1.47. The first kappa shape index (κ1) is 21.5. The van der Waals surface area contributed by atoms with Gasteiger partial charge in [-0.1, -0.05) is 82.7 Å². The first-order valence-corrected chi connectivity index (χ1v) is 12.8. The summed E-state index contributed by atoms with van der Waals surface area (Å²) in [6.07, 6.45) is 0. The third kappa shape index (κ3) is 2.97. The molecule has 0 radical (unpaired) electrons. The molecule has 6 heteroatoms. The second-order valence-electron chi connectivity index (χ2n) is 9.22. The van der Waals surface area contributed by atoms with Crippen molar-refractivity contribution < 1.29 is 19.0 Å². The summed E-state index contributed by atoms with van der Waals surface area (Å²) in [4.78, 5) is 16.8. The molecule has 0 saturated heterocycles. The van der Waals surface area contributed by atoms with Crippen molar-refractivity contribution in [3.63, 3.8) is 0 Å². The van der Waals surface area contributed by atoms with Gasteiger partial charge in [0.05, 0.1) is 11.7 Å². The van der Waals surface area contributed by atoms with Crippen molar-refractivity contribution in [3.8, 4) is 17.2 Å². The van der Waals surface area contributed by atoms with Crippen LogP contribution in [0.5, 0.6) is 17.2 Å². The predicted octanol–water partition coefficient (Wildman–Crippen LogP) is 6.04.